The van der Waals surface area contributed by atoms with Crippen LogP contribution in [0.25, 0.3) is 0 Å². The van der Waals surface area contributed by atoms with Gasteiger partial charge in [-0.25, -0.2) is 8.42 Å². The predicted molar refractivity (Wildman–Crippen MR) is 127 cm³/mol. The molecule has 1 N–H and O–H groups in total. The number of carbonyl (C=O) groups is 2. The summed E-state index contributed by atoms with van der Waals surface area (Å²) in [6.07, 6.45) is 0.865. The molecule has 2 aromatic carbocycles. The van der Waals surface area contributed by atoms with E-state index in [1.807, 2.05) is 0 Å². The highest BCUT2D eigenvalue weighted by Gasteiger charge is 2.31. The lowest BCUT2D eigenvalue weighted by molar-refractivity contribution is -0.384. The maximum atomic E-state index is 13.4. The largest absolute Gasteiger partial charge is 0.495 e. The van der Waals surface area contributed by atoms with E-state index < -0.39 is 39.3 Å². The Balaban J connectivity index is 2.50. The van der Waals surface area contributed by atoms with Crippen molar-refractivity contribution in [2.24, 2.45) is 0 Å². The number of halogens is 1. The minimum Gasteiger partial charge on any atom is -0.495 e. The van der Waals surface area contributed by atoms with E-state index in [-0.39, 0.29) is 23.7 Å². The van der Waals surface area contributed by atoms with Crippen molar-refractivity contribution in [3.63, 3.8) is 0 Å². The number of methoxy groups -OCH3 is 1. The third-order valence-corrected chi connectivity index (χ3v) is 6.38. The Morgan fingerprint density at radius 3 is 2.32 bits per heavy atom. The number of benzene rings is 2. The topological polar surface area (TPSA) is 139 Å². The number of likely N-dealkylation sites (N-methyl/N-ethyl adjacent to an activating group) is 1. The van der Waals surface area contributed by atoms with Crippen LogP contribution in [0.3, 0.4) is 0 Å². The van der Waals surface area contributed by atoms with Gasteiger partial charge >= 0.3 is 0 Å². The molecule has 0 radical (unpaired) electrons. The summed E-state index contributed by atoms with van der Waals surface area (Å²) in [6, 6.07) is 9.08. The first-order chi connectivity index (χ1) is 15.9. The first kappa shape index (κ1) is 26.9. The van der Waals surface area contributed by atoms with Gasteiger partial charge in [0.05, 0.1) is 18.3 Å². The van der Waals surface area contributed by atoms with Crippen molar-refractivity contribution in [3.8, 4) is 5.75 Å². The molecule has 0 spiro atoms. The van der Waals surface area contributed by atoms with Gasteiger partial charge in [0.2, 0.25) is 21.8 Å². The fourth-order valence-corrected chi connectivity index (χ4v) is 4.13. The molecule has 0 saturated carbocycles. The highest BCUT2D eigenvalue weighted by Crippen LogP contribution is 2.33. The van der Waals surface area contributed by atoms with Crippen LogP contribution in [0.2, 0.25) is 5.02 Å². The lowest BCUT2D eigenvalue weighted by Gasteiger charge is -2.31. The molecule has 0 aromatic heterocycles. The van der Waals surface area contributed by atoms with Crippen LogP contribution in [-0.4, -0.2) is 63.1 Å². The number of ether oxygens (including phenoxy) is 1. The quantitative estimate of drug-likeness (QED) is 0.380. The van der Waals surface area contributed by atoms with Crippen LogP contribution in [0.15, 0.2) is 42.5 Å². The molecule has 0 aliphatic rings. The van der Waals surface area contributed by atoms with Crippen LogP contribution in [0.1, 0.15) is 12.5 Å². The van der Waals surface area contributed by atoms with Crippen LogP contribution in [0.4, 0.5) is 11.4 Å². The molecule has 11 nitrogen and oxygen atoms in total. The third-order valence-electron chi connectivity index (χ3n) is 5.00. The molecule has 0 bridgehead atoms. The Morgan fingerprint density at radius 2 is 1.82 bits per heavy atom. The maximum Gasteiger partial charge on any atom is 0.271 e. The number of nitro groups is 1. The van der Waals surface area contributed by atoms with Crippen molar-refractivity contribution in [1.82, 2.24) is 10.2 Å². The minimum atomic E-state index is -4.09. The summed E-state index contributed by atoms with van der Waals surface area (Å²) in [5.41, 5.74) is 0.104. The maximum absolute atomic E-state index is 13.4. The van der Waals surface area contributed by atoms with Gasteiger partial charge in [0, 0.05) is 30.7 Å². The molecule has 2 amide bonds. The molecule has 184 valence electrons. The van der Waals surface area contributed by atoms with E-state index in [0.29, 0.717) is 14.9 Å². The highest BCUT2D eigenvalue weighted by molar-refractivity contribution is 7.92. The molecular formula is C21H25ClN4O7S. The molecule has 0 saturated heterocycles. The summed E-state index contributed by atoms with van der Waals surface area (Å²) < 4.78 is 31.2. The van der Waals surface area contributed by atoms with Crippen LogP contribution >= 0.6 is 11.6 Å². The van der Waals surface area contributed by atoms with Gasteiger partial charge in [-0.1, -0.05) is 23.7 Å². The first-order valence-electron chi connectivity index (χ1n) is 9.94. The number of rotatable bonds is 10. The van der Waals surface area contributed by atoms with E-state index in [0.717, 1.165) is 18.4 Å². The second-order valence-electron chi connectivity index (χ2n) is 7.32. The number of non-ortho nitro benzene ring substituents is 1. The van der Waals surface area contributed by atoms with Gasteiger partial charge in [-0.05, 0) is 30.7 Å². The Kier molecular flexibility index (Phi) is 8.82. The number of amides is 2. The number of nitrogens with zero attached hydrogens (tertiary/aromatic N) is 3. The number of nitro benzene ring substituents is 1. The number of anilines is 1. The van der Waals surface area contributed by atoms with Gasteiger partial charge in [0.25, 0.3) is 5.69 Å². The van der Waals surface area contributed by atoms with Crippen molar-refractivity contribution >= 4 is 44.8 Å². The average Bonchev–Trinajstić information content (AvgIpc) is 2.79. The molecule has 34 heavy (non-hydrogen) atoms. The number of hydrogen-bond donors (Lipinski definition) is 1. The van der Waals surface area contributed by atoms with Crippen molar-refractivity contribution in [1.29, 1.82) is 0 Å². The van der Waals surface area contributed by atoms with Gasteiger partial charge < -0.3 is 15.0 Å². The molecule has 0 aliphatic heterocycles. The van der Waals surface area contributed by atoms with Gasteiger partial charge in [0.15, 0.2) is 0 Å². The van der Waals surface area contributed by atoms with E-state index in [4.69, 9.17) is 16.3 Å². The highest BCUT2D eigenvalue weighted by atomic mass is 35.5. The zero-order valence-corrected chi connectivity index (χ0v) is 20.6. The smallest absolute Gasteiger partial charge is 0.271 e. The van der Waals surface area contributed by atoms with Crippen LogP contribution < -0.4 is 14.4 Å². The Morgan fingerprint density at radius 1 is 1.21 bits per heavy atom. The van der Waals surface area contributed by atoms with Gasteiger partial charge in [0.1, 0.15) is 24.0 Å². The zero-order chi connectivity index (χ0) is 25.6. The fourth-order valence-electron chi connectivity index (χ4n) is 3.16. The zero-order valence-electron chi connectivity index (χ0n) is 19.0. The molecule has 2 rings (SSSR count). The molecule has 0 heterocycles. The summed E-state index contributed by atoms with van der Waals surface area (Å²) in [7, 11) is -1.40. The van der Waals surface area contributed by atoms with Gasteiger partial charge in [-0.3, -0.25) is 24.0 Å². The van der Waals surface area contributed by atoms with Gasteiger partial charge in [-0.2, -0.15) is 0 Å². The lowest BCUT2D eigenvalue weighted by Crippen LogP contribution is -2.50. The molecule has 13 heteroatoms. The molecule has 2 aromatic rings. The monoisotopic (exact) mass is 512 g/mol. The van der Waals surface area contributed by atoms with E-state index in [2.05, 4.69) is 5.32 Å². The predicted octanol–water partition coefficient (Wildman–Crippen LogP) is 2.19. The normalized spacial score (nSPS) is 11.9. The molecule has 0 unspecified atom stereocenters. The second kappa shape index (κ2) is 11.2. The van der Waals surface area contributed by atoms with Crippen molar-refractivity contribution in [3.05, 3.63) is 63.2 Å². The lowest BCUT2D eigenvalue weighted by atomic mass is 10.1. The number of carbonyl (C=O) groups excluding carboxylic acids is 2. The summed E-state index contributed by atoms with van der Waals surface area (Å²) >= 11 is 5.92. The third kappa shape index (κ3) is 6.58. The molecule has 0 fully saturated rings. The number of hydrogen-bond acceptors (Lipinski definition) is 7. The fraction of sp³-hybridized carbons (Fsp3) is 0.333. The minimum absolute atomic E-state index is 0.00569. The van der Waals surface area contributed by atoms with E-state index in [1.165, 1.54) is 32.0 Å². The molecular weight excluding hydrogens is 488 g/mol. The van der Waals surface area contributed by atoms with Crippen LogP contribution in [0, 0.1) is 10.1 Å². The van der Waals surface area contributed by atoms with E-state index in [1.54, 1.807) is 24.3 Å². The standard InChI is InChI=1S/C21H25ClN4O7S/c1-14(21(28)23-2)24(12-15-5-7-16(22)8-6-15)20(27)13-25(34(4,31)32)18-11-17(26(29)30)9-10-19(18)33-3/h5-11,14H,12-13H2,1-4H3,(H,23,28)/t14-/m1/s1. The number of sulfonamides is 1. The SMILES string of the molecule is CNC(=O)[C@@H](C)N(Cc1ccc(Cl)cc1)C(=O)CN(c1cc([N+](=O)[O-])ccc1OC)S(C)(=O)=O. The molecule has 0 aliphatic carbocycles. The summed E-state index contributed by atoms with van der Waals surface area (Å²) in [5, 5.41) is 14.2. The summed E-state index contributed by atoms with van der Waals surface area (Å²) in [6.45, 7) is 0.783. The first-order valence-corrected chi connectivity index (χ1v) is 12.2. The van der Waals surface area contributed by atoms with Crippen molar-refractivity contribution < 1.29 is 27.7 Å². The van der Waals surface area contributed by atoms with E-state index in [9.17, 15) is 28.1 Å². The van der Waals surface area contributed by atoms with Crippen LogP contribution in [-0.2, 0) is 26.2 Å². The Bertz CT molecular complexity index is 1170. The Labute approximate surface area is 202 Å². The van der Waals surface area contributed by atoms with Crippen LogP contribution in [0.5, 0.6) is 5.75 Å². The summed E-state index contributed by atoms with van der Waals surface area (Å²) in [5.74, 6) is -1.14. The van der Waals surface area contributed by atoms with Crippen molar-refractivity contribution in [2.75, 3.05) is 31.3 Å². The van der Waals surface area contributed by atoms with Crippen molar-refractivity contribution in [2.45, 2.75) is 19.5 Å². The van der Waals surface area contributed by atoms with E-state index >= 15 is 0 Å². The average molecular weight is 513 g/mol. The Hall–Kier alpha value is -3.38. The summed E-state index contributed by atoms with van der Waals surface area (Å²) in [4.78, 5) is 37.5. The second-order valence-corrected chi connectivity index (χ2v) is 9.66. The molecule has 1 atom stereocenters. The van der Waals surface area contributed by atoms with Gasteiger partial charge in [-0.15, -0.1) is 0 Å². The number of nitrogens with one attached hydrogen (secondary N) is 1.